The summed E-state index contributed by atoms with van der Waals surface area (Å²) in [7, 11) is 0. The fraction of sp³-hybridized carbons (Fsp3) is 0.154. The second-order valence-electron chi connectivity index (χ2n) is 3.71. The highest BCUT2D eigenvalue weighted by Crippen LogP contribution is 2.36. The Morgan fingerprint density at radius 2 is 1.83 bits per heavy atom. The van der Waals surface area contributed by atoms with Crippen LogP contribution in [-0.2, 0) is 6.18 Å². The molecule has 1 aromatic carbocycles. The summed E-state index contributed by atoms with van der Waals surface area (Å²) < 4.78 is 37.5. The molecule has 0 saturated heterocycles. The third-order valence-electron chi connectivity index (χ3n) is 2.49. The van der Waals surface area contributed by atoms with Crippen LogP contribution in [0, 0.1) is 11.3 Å². The van der Waals surface area contributed by atoms with E-state index in [9.17, 15) is 13.2 Å². The predicted octanol–water partition coefficient (Wildman–Crippen LogP) is 4.42. The van der Waals surface area contributed by atoms with Gasteiger partial charge in [0.2, 0.25) is 0 Å². The molecule has 0 amide bonds. The van der Waals surface area contributed by atoms with Crippen LogP contribution < -0.4 is 0 Å². The summed E-state index contributed by atoms with van der Waals surface area (Å²) in [6.45, 7) is 0. The maximum absolute atomic E-state index is 12.5. The van der Waals surface area contributed by atoms with Crippen molar-refractivity contribution < 1.29 is 13.2 Å². The van der Waals surface area contributed by atoms with Crippen LogP contribution in [0.5, 0.6) is 0 Å². The first-order valence-electron chi connectivity index (χ1n) is 5.12. The molecule has 1 atom stereocenters. The van der Waals surface area contributed by atoms with Crippen LogP contribution in [0.4, 0.5) is 13.2 Å². The summed E-state index contributed by atoms with van der Waals surface area (Å²) in [4.78, 5) is 0.413. The molecule has 0 aliphatic heterocycles. The van der Waals surface area contributed by atoms with E-state index in [1.54, 1.807) is 30.3 Å². The Morgan fingerprint density at radius 3 is 2.33 bits per heavy atom. The second kappa shape index (κ2) is 4.83. The van der Waals surface area contributed by atoms with E-state index >= 15 is 0 Å². The molecule has 0 aliphatic carbocycles. The van der Waals surface area contributed by atoms with Crippen molar-refractivity contribution in [2.24, 2.45) is 0 Å². The summed E-state index contributed by atoms with van der Waals surface area (Å²) in [5.41, 5.74) is 0.00857. The van der Waals surface area contributed by atoms with Gasteiger partial charge in [-0.2, -0.15) is 18.4 Å². The predicted molar refractivity (Wildman–Crippen MR) is 63.2 cm³/mol. The lowest BCUT2D eigenvalue weighted by Crippen LogP contribution is -2.02. The Labute approximate surface area is 106 Å². The van der Waals surface area contributed by atoms with E-state index < -0.39 is 17.7 Å². The normalized spacial score (nSPS) is 13.0. The molecule has 0 radical (unpaired) electrons. The van der Waals surface area contributed by atoms with Crippen LogP contribution >= 0.6 is 11.3 Å². The molecule has 2 aromatic rings. The maximum Gasteiger partial charge on any atom is 0.417 e. The molecule has 0 spiro atoms. The van der Waals surface area contributed by atoms with Crippen LogP contribution in [0.25, 0.3) is 0 Å². The van der Waals surface area contributed by atoms with Gasteiger partial charge < -0.3 is 0 Å². The number of benzene rings is 1. The number of nitrogens with zero attached hydrogens (tertiary/aromatic N) is 1. The van der Waals surface area contributed by atoms with Crippen molar-refractivity contribution in [3.8, 4) is 6.07 Å². The van der Waals surface area contributed by atoms with Crippen molar-refractivity contribution in [2.45, 2.75) is 12.1 Å². The first-order chi connectivity index (χ1) is 8.52. The number of hydrogen-bond acceptors (Lipinski definition) is 2. The van der Waals surface area contributed by atoms with E-state index in [1.807, 2.05) is 6.07 Å². The van der Waals surface area contributed by atoms with Crippen molar-refractivity contribution in [3.05, 3.63) is 57.8 Å². The molecule has 2 rings (SSSR count). The van der Waals surface area contributed by atoms with Crippen LogP contribution in [0.15, 0.2) is 41.8 Å². The molecule has 1 unspecified atom stereocenters. The molecule has 1 nitrogen and oxygen atoms in total. The van der Waals surface area contributed by atoms with E-state index in [-0.39, 0.29) is 0 Å². The van der Waals surface area contributed by atoms with Gasteiger partial charge in [0, 0.05) is 10.3 Å². The van der Waals surface area contributed by atoms with E-state index in [1.165, 1.54) is 0 Å². The Bertz CT molecular complexity index is 566. The molecule has 92 valence electrons. The minimum Gasteiger partial charge on any atom is -0.197 e. The van der Waals surface area contributed by atoms with E-state index in [2.05, 4.69) is 0 Å². The summed E-state index contributed by atoms with van der Waals surface area (Å²) in [5, 5.41) is 10.2. The summed E-state index contributed by atoms with van der Waals surface area (Å²) >= 11 is 0.961. The van der Waals surface area contributed by atoms with Crippen LogP contribution in [-0.4, -0.2) is 0 Å². The molecular weight excluding hydrogens is 259 g/mol. The lowest BCUT2D eigenvalue weighted by Gasteiger charge is -2.06. The van der Waals surface area contributed by atoms with E-state index in [0.29, 0.717) is 10.4 Å². The van der Waals surface area contributed by atoms with Crippen molar-refractivity contribution in [2.75, 3.05) is 0 Å². The molecule has 0 saturated carbocycles. The van der Waals surface area contributed by atoms with Gasteiger partial charge in [0.05, 0.1) is 11.6 Å². The number of halogens is 3. The zero-order chi connectivity index (χ0) is 13.2. The van der Waals surface area contributed by atoms with Gasteiger partial charge in [0.15, 0.2) is 0 Å². The third-order valence-corrected chi connectivity index (χ3v) is 3.49. The minimum atomic E-state index is -4.36. The number of hydrogen-bond donors (Lipinski definition) is 0. The Kier molecular flexibility index (Phi) is 3.39. The zero-order valence-corrected chi connectivity index (χ0v) is 9.92. The first-order valence-corrected chi connectivity index (χ1v) is 6.00. The van der Waals surface area contributed by atoms with Gasteiger partial charge in [-0.05, 0) is 11.6 Å². The molecule has 5 heteroatoms. The molecule has 18 heavy (non-hydrogen) atoms. The number of nitriles is 1. The average Bonchev–Trinajstić information content (AvgIpc) is 2.81. The standard InChI is InChI=1S/C13H8F3NS/c14-13(15,16)10-6-12(18-8-10)11(7-17)9-4-2-1-3-5-9/h1-6,8,11H. The minimum absolute atomic E-state index is 0.413. The molecule has 1 heterocycles. The second-order valence-corrected chi connectivity index (χ2v) is 4.65. The van der Waals surface area contributed by atoms with Gasteiger partial charge in [0.1, 0.15) is 5.92 Å². The smallest absolute Gasteiger partial charge is 0.197 e. The first kappa shape index (κ1) is 12.7. The number of thiophene rings is 1. The van der Waals surface area contributed by atoms with Crippen molar-refractivity contribution in [3.63, 3.8) is 0 Å². The highest BCUT2D eigenvalue weighted by molar-refractivity contribution is 7.10. The zero-order valence-electron chi connectivity index (χ0n) is 9.11. The van der Waals surface area contributed by atoms with Gasteiger partial charge in [0.25, 0.3) is 0 Å². The molecule has 1 aromatic heterocycles. The summed E-state index contributed by atoms with van der Waals surface area (Å²) in [5.74, 6) is -0.646. The van der Waals surface area contributed by atoms with Crippen LogP contribution in [0.1, 0.15) is 21.9 Å². The summed E-state index contributed by atoms with van der Waals surface area (Å²) in [6.07, 6.45) is -4.36. The largest absolute Gasteiger partial charge is 0.417 e. The topological polar surface area (TPSA) is 23.8 Å². The number of rotatable bonds is 2. The molecule has 0 fully saturated rings. The highest BCUT2D eigenvalue weighted by atomic mass is 32.1. The lowest BCUT2D eigenvalue weighted by atomic mass is 9.99. The fourth-order valence-corrected chi connectivity index (χ4v) is 2.59. The summed E-state index contributed by atoms with van der Waals surface area (Å²) in [6, 6.07) is 11.9. The third kappa shape index (κ3) is 2.54. The Morgan fingerprint density at radius 1 is 1.17 bits per heavy atom. The van der Waals surface area contributed by atoms with Crippen molar-refractivity contribution >= 4 is 11.3 Å². The van der Waals surface area contributed by atoms with Gasteiger partial charge >= 0.3 is 6.18 Å². The molecule has 0 aliphatic rings. The number of alkyl halides is 3. The molecular formula is C13H8F3NS. The van der Waals surface area contributed by atoms with Gasteiger partial charge in [-0.15, -0.1) is 11.3 Å². The van der Waals surface area contributed by atoms with Crippen LogP contribution in [0.2, 0.25) is 0 Å². The SMILES string of the molecule is N#CC(c1ccccc1)c1cc(C(F)(F)F)cs1. The van der Waals surface area contributed by atoms with Gasteiger partial charge in [-0.25, -0.2) is 0 Å². The average molecular weight is 267 g/mol. The lowest BCUT2D eigenvalue weighted by molar-refractivity contribution is -0.137. The van der Waals surface area contributed by atoms with Gasteiger partial charge in [-0.1, -0.05) is 30.3 Å². The molecule has 0 bridgehead atoms. The van der Waals surface area contributed by atoms with Crippen molar-refractivity contribution in [1.29, 1.82) is 5.26 Å². The van der Waals surface area contributed by atoms with E-state index in [0.717, 1.165) is 22.8 Å². The quantitative estimate of drug-likeness (QED) is 0.790. The highest BCUT2D eigenvalue weighted by Gasteiger charge is 2.32. The fourth-order valence-electron chi connectivity index (χ4n) is 1.60. The van der Waals surface area contributed by atoms with Crippen LogP contribution in [0.3, 0.4) is 0 Å². The Hall–Kier alpha value is -1.80. The van der Waals surface area contributed by atoms with Gasteiger partial charge in [-0.3, -0.25) is 0 Å². The maximum atomic E-state index is 12.5. The Balaban J connectivity index is 2.36. The van der Waals surface area contributed by atoms with E-state index in [4.69, 9.17) is 5.26 Å². The van der Waals surface area contributed by atoms with Crippen molar-refractivity contribution in [1.82, 2.24) is 0 Å². The molecule has 0 N–H and O–H groups in total. The monoisotopic (exact) mass is 267 g/mol.